The van der Waals surface area contributed by atoms with Gasteiger partial charge in [-0.1, -0.05) is 39.5 Å². The smallest absolute Gasteiger partial charge is 0.184 e. The Hall–Kier alpha value is 0.354. The number of hydrogen-bond acceptors (Lipinski definition) is 2. The van der Waals surface area contributed by atoms with E-state index < -0.39 is 16.6 Å². The molecule has 0 amide bonds. The topological polar surface area (TPSA) is 18.5 Å². The number of rotatable bonds is 10. The number of hydrogen-bond donors (Lipinski definition) is 0. The van der Waals surface area contributed by atoms with Crippen LogP contribution in [0.25, 0.3) is 0 Å². The summed E-state index contributed by atoms with van der Waals surface area (Å²) in [4.78, 5) is 0. The van der Waals surface area contributed by atoms with E-state index in [1.54, 1.807) is 0 Å². The van der Waals surface area contributed by atoms with Crippen LogP contribution < -0.4 is 0 Å². The molecule has 1 rings (SSSR count). The molecule has 23 heavy (non-hydrogen) atoms. The third-order valence-electron chi connectivity index (χ3n) is 4.69. The summed E-state index contributed by atoms with van der Waals surface area (Å²) in [5.74, 6) is 1.43. The quantitative estimate of drug-likeness (QED) is 0.418. The van der Waals surface area contributed by atoms with Crippen LogP contribution in [-0.2, 0) is 8.85 Å². The van der Waals surface area contributed by atoms with Gasteiger partial charge in [-0.25, -0.2) is 0 Å². The average molecular weight is 359 g/mol. The van der Waals surface area contributed by atoms with Crippen LogP contribution in [0.15, 0.2) is 0 Å². The lowest BCUT2D eigenvalue weighted by Gasteiger charge is -2.36. The zero-order valence-electron chi connectivity index (χ0n) is 17.1. The monoisotopic (exact) mass is 358 g/mol. The molecule has 4 heteroatoms. The van der Waals surface area contributed by atoms with Gasteiger partial charge < -0.3 is 8.85 Å². The van der Waals surface area contributed by atoms with Gasteiger partial charge in [0.1, 0.15) is 0 Å². The summed E-state index contributed by atoms with van der Waals surface area (Å²) in [6.45, 7) is 18.6. The second-order valence-corrected chi connectivity index (χ2v) is 18.4. The minimum Gasteiger partial charge on any atom is -0.412 e. The van der Waals surface area contributed by atoms with Crippen molar-refractivity contribution < 1.29 is 8.85 Å². The van der Waals surface area contributed by atoms with E-state index in [1.807, 2.05) is 0 Å². The molecule has 0 spiro atoms. The van der Waals surface area contributed by atoms with Gasteiger partial charge in [-0.3, -0.25) is 0 Å². The Kier molecular flexibility index (Phi) is 8.52. The summed E-state index contributed by atoms with van der Waals surface area (Å²) in [6, 6.07) is 0. The van der Waals surface area contributed by atoms with Crippen LogP contribution in [0.4, 0.5) is 0 Å². The molecule has 1 aliphatic carbocycles. The summed E-state index contributed by atoms with van der Waals surface area (Å²) in [6.07, 6.45) is 9.89. The van der Waals surface area contributed by atoms with Crippen LogP contribution >= 0.6 is 0 Å². The summed E-state index contributed by atoms with van der Waals surface area (Å²) >= 11 is 0. The Labute approximate surface area is 148 Å². The molecular weight excluding hydrogens is 316 g/mol. The van der Waals surface area contributed by atoms with E-state index in [2.05, 4.69) is 53.1 Å². The maximum Gasteiger partial charge on any atom is 0.184 e. The highest BCUT2D eigenvalue weighted by Crippen LogP contribution is 2.43. The fourth-order valence-corrected chi connectivity index (χ4v) is 6.12. The first-order valence-corrected chi connectivity index (χ1v) is 16.7. The van der Waals surface area contributed by atoms with E-state index in [0.29, 0.717) is 24.0 Å². The second-order valence-electron chi connectivity index (χ2n) is 9.43. The van der Waals surface area contributed by atoms with Gasteiger partial charge in [-0.05, 0) is 70.4 Å². The van der Waals surface area contributed by atoms with Crippen molar-refractivity contribution in [3.05, 3.63) is 0 Å². The lowest BCUT2D eigenvalue weighted by Crippen LogP contribution is -2.45. The predicted molar refractivity (Wildman–Crippen MR) is 107 cm³/mol. The van der Waals surface area contributed by atoms with Crippen molar-refractivity contribution in [3.8, 4) is 0 Å². The third kappa shape index (κ3) is 7.85. The minimum atomic E-state index is -1.55. The van der Waals surface area contributed by atoms with Gasteiger partial charge in [0.2, 0.25) is 0 Å². The van der Waals surface area contributed by atoms with E-state index in [4.69, 9.17) is 8.85 Å². The van der Waals surface area contributed by atoms with Crippen LogP contribution in [0.3, 0.4) is 0 Å². The molecule has 0 saturated heterocycles. The lowest BCUT2D eigenvalue weighted by atomic mass is 9.95. The van der Waals surface area contributed by atoms with Crippen LogP contribution in [0.1, 0.15) is 58.8 Å². The van der Waals surface area contributed by atoms with Gasteiger partial charge >= 0.3 is 0 Å². The van der Waals surface area contributed by atoms with Crippen molar-refractivity contribution in [1.82, 2.24) is 0 Å². The summed E-state index contributed by atoms with van der Waals surface area (Å²) in [5, 5.41) is 0. The molecule has 1 aliphatic rings. The van der Waals surface area contributed by atoms with E-state index in [1.165, 1.54) is 44.9 Å². The first-order chi connectivity index (χ1) is 10.6. The number of unbranched alkanes of at least 4 members (excludes halogenated alkanes) is 2. The first-order valence-electron chi connectivity index (χ1n) is 9.93. The van der Waals surface area contributed by atoms with Crippen molar-refractivity contribution in [3.63, 3.8) is 0 Å². The van der Waals surface area contributed by atoms with Crippen molar-refractivity contribution in [1.29, 1.82) is 0 Å². The molecule has 138 valence electrons. The average Bonchev–Trinajstić information content (AvgIpc) is 2.68. The van der Waals surface area contributed by atoms with Gasteiger partial charge in [-0.2, -0.15) is 0 Å². The molecule has 0 aromatic heterocycles. The highest BCUT2D eigenvalue weighted by Gasteiger charge is 2.46. The standard InChI is InChI=1S/C19H42O2Si2/c1-9-11-13-16-15-17(14-12-10-2)19(21-23(6,7)8)18(16)20-22(3,4)5/h16-19H,9-15H2,1-8H3. The van der Waals surface area contributed by atoms with E-state index in [-0.39, 0.29) is 0 Å². The van der Waals surface area contributed by atoms with Crippen molar-refractivity contribution in [2.24, 2.45) is 11.8 Å². The third-order valence-corrected chi connectivity index (χ3v) is 6.65. The van der Waals surface area contributed by atoms with E-state index >= 15 is 0 Å². The Bertz CT molecular complexity index is 301. The molecule has 0 aliphatic heterocycles. The Morgan fingerprint density at radius 1 is 0.696 bits per heavy atom. The summed E-state index contributed by atoms with van der Waals surface area (Å²) in [5.41, 5.74) is 0. The van der Waals surface area contributed by atoms with Crippen LogP contribution in [0.5, 0.6) is 0 Å². The highest BCUT2D eigenvalue weighted by molar-refractivity contribution is 6.70. The van der Waals surface area contributed by atoms with Crippen molar-refractivity contribution in [2.45, 2.75) is 110 Å². The molecule has 1 fully saturated rings. The fraction of sp³-hybridized carbons (Fsp3) is 1.00. The molecule has 0 aromatic carbocycles. The highest BCUT2D eigenvalue weighted by atomic mass is 28.4. The van der Waals surface area contributed by atoms with Crippen molar-refractivity contribution >= 4 is 16.6 Å². The SMILES string of the molecule is CCCCC1CC(CCCC)C(O[Si](C)(C)C)C1O[Si](C)(C)C. The molecule has 0 bridgehead atoms. The van der Waals surface area contributed by atoms with Gasteiger partial charge in [0, 0.05) is 0 Å². The maximum atomic E-state index is 6.71. The predicted octanol–water partition coefficient (Wildman–Crippen LogP) is 6.44. The molecular formula is C19H42O2Si2. The molecule has 0 N–H and O–H groups in total. The molecule has 0 radical (unpaired) electrons. The second kappa shape index (κ2) is 9.16. The zero-order chi connectivity index (χ0) is 17.7. The van der Waals surface area contributed by atoms with Crippen molar-refractivity contribution in [2.75, 3.05) is 0 Å². The zero-order valence-corrected chi connectivity index (χ0v) is 19.1. The Morgan fingerprint density at radius 2 is 1.04 bits per heavy atom. The van der Waals surface area contributed by atoms with Crippen LogP contribution in [0.2, 0.25) is 39.3 Å². The Balaban J connectivity index is 2.94. The van der Waals surface area contributed by atoms with E-state index in [0.717, 1.165) is 0 Å². The van der Waals surface area contributed by atoms with Gasteiger partial charge in [-0.15, -0.1) is 0 Å². The molecule has 4 unspecified atom stereocenters. The lowest BCUT2D eigenvalue weighted by molar-refractivity contribution is 0.0238. The molecule has 0 heterocycles. The maximum absolute atomic E-state index is 6.71. The van der Waals surface area contributed by atoms with Crippen LogP contribution in [-0.4, -0.2) is 28.8 Å². The van der Waals surface area contributed by atoms with E-state index in [9.17, 15) is 0 Å². The van der Waals surface area contributed by atoms with Gasteiger partial charge in [0.15, 0.2) is 16.6 Å². The Morgan fingerprint density at radius 3 is 1.30 bits per heavy atom. The molecule has 4 atom stereocenters. The fourth-order valence-electron chi connectivity index (χ4n) is 3.83. The summed E-state index contributed by atoms with van der Waals surface area (Å²) in [7, 11) is -3.09. The first kappa shape index (κ1) is 21.4. The summed E-state index contributed by atoms with van der Waals surface area (Å²) < 4.78 is 13.4. The van der Waals surface area contributed by atoms with Crippen LogP contribution in [0, 0.1) is 11.8 Å². The molecule has 0 aromatic rings. The van der Waals surface area contributed by atoms with Gasteiger partial charge in [0.25, 0.3) is 0 Å². The molecule has 1 saturated carbocycles. The van der Waals surface area contributed by atoms with Gasteiger partial charge in [0.05, 0.1) is 12.2 Å². The normalized spacial score (nSPS) is 29.2. The molecule has 2 nitrogen and oxygen atoms in total. The minimum absolute atomic E-state index is 0.349. The largest absolute Gasteiger partial charge is 0.412 e.